The molecule has 10 rings (SSSR count). The largest absolute Gasteiger partial charge is 2.00 e. The minimum absolute atomic E-state index is 0. The van der Waals surface area contributed by atoms with Crippen molar-refractivity contribution in [2.75, 3.05) is 16.5 Å². The van der Waals surface area contributed by atoms with Crippen molar-refractivity contribution in [2.24, 2.45) is 0 Å². The average Bonchev–Trinajstić information content (AvgIpc) is 3.83. The summed E-state index contributed by atoms with van der Waals surface area (Å²) in [6.07, 6.45) is 1.95. The van der Waals surface area contributed by atoms with Gasteiger partial charge in [-0.3, -0.25) is 0 Å². The fourth-order valence-corrected chi connectivity index (χ4v) is 8.78. The molecule has 0 bridgehead atoms. The van der Waals surface area contributed by atoms with Gasteiger partial charge in [0.25, 0.3) is 0 Å². The van der Waals surface area contributed by atoms with Gasteiger partial charge >= 0.3 is 21.1 Å². The Labute approximate surface area is 361 Å². The van der Waals surface area contributed by atoms with E-state index < -0.39 is 5.41 Å². The van der Waals surface area contributed by atoms with E-state index in [1.165, 1.54) is 44.6 Å². The van der Waals surface area contributed by atoms with E-state index >= 15 is 0 Å². The molecule has 0 amide bonds. The Kier molecular flexibility index (Phi) is 10.1. The molecule has 7 aromatic carbocycles. The van der Waals surface area contributed by atoms with Gasteiger partial charge in [-0.25, -0.2) is 4.98 Å². The van der Waals surface area contributed by atoms with Crippen molar-refractivity contribution in [3.05, 3.63) is 199 Å². The molecular weight excluding hydrogens is 900 g/mol. The van der Waals surface area contributed by atoms with Crippen LogP contribution in [0.15, 0.2) is 176 Å². The van der Waals surface area contributed by atoms with E-state index in [4.69, 9.17) is 4.98 Å². The molecule has 0 spiro atoms. The summed E-state index contributed by atoms with van der Waals surface area (Å²) in [6, 6.07) is 69.0. The monoisotopic (exact) mass is 943 g/mol. The van der Waals surface area contributed by atoms with E-state index in [9.17, 15) is 0 Å². The second-order valence-corrected chi connectivity index (χ2v) is 16.0. The number of hydrogen-bond donors (Lipinski definition) is 0. The van der Waals surface area contributed by atoms with Crippen molar-refractivity contribution < 1.29 is 21.1 Å². The van der Waals surface area contributed by atoms with E-state index in [0.29, 0.717) is 6.04 Å². The van der Waals surface area contributed by atoms with Crippen LogP contribution in [0.5, 0.6) is 0 Å². The standard InChI is InChI=1S/C54H44N4.Pt/c1-37(2)56-36-57(50-28-14-13-27-49(50)56)43-22-15-21-41(34-43)54(3,4)42-29-30-47-46-23-11-12-26-48(46)58(51(47)35-42)52-33-40(31-32-55-52)53-44(38-17-7-5-8-18-38)24-16-25-45(53)39-19-9-6-10-20-39;/h5-33,37H,36H2,1-4H3;/q-2;+2. The number of pyridine rings is 1. The van der Waals surface area contributed by atoms with Gasteiger partial charge in [0.2, 0.25) is 0 Å². The van der Waals surface area contributed by atoms with E-state index in [1.807, 2.05) is 6.20 Å². The zero-order valence-corrected chi connectivity index (χ0v) is 35.9. The van der Waals surface area contributed by atoms with Gasteiger partial charge in [-0.1, -0.05) is 134 Å². The molecule has 0 unspecified atom stereocenters. The van der Waals surface area contributed by atoms with Gasteiger partial charge in [-0.15, -0.1) is 11.5 Å². The number of aromatic nitrogens is 2. The summed E-state index contributed by atoms with van der Waals surface area (Å²) in [6.45, 7) is 9.88. The molecule has 1 aliphatic heterocycles. The zero-order chi connectivity index (χ0) is 39.4. The number of hydrogen-bond acceptors (Lipinski definition) is 3. The first-order chi connectivity index (χ1) is 28.4. The fourth-order valence-electron chi connectivity index (χ4n) is 8.78. The number of para-hydroxylation sites is 3. The smallest absolute Gasteiger partial charge is 0.349 e. The molecule has 59 heavy (non-hydrogen) atoms. The second-order valence-electron chi connectivity index (χ2n) is 16.0. The molecule has 0 fully saturated rings. The summed E-state index contributed by atoms with van der Waals surface area (Å²) in [4.78, 5) is 9.92. The maximum Gasteiger partial charge on any atom is 2.00 e. The van der Waals surface area contributed by atoms with Crippen LogP contribution in [-0.4, -0.2) is 22.3 Å². The van der Waals surface area contributed by atoms with Crippen molar-refractivity contribution in [3.8, 4) is 39.2 Å². The van der Waals surface area contributed by atoms with Crippen LogP contribution in [0.2, 0.25) is 0 Å². The Morgan fingerprint density at radius 1 is 0.576 bits per heavy atom. The minimum Gasteiger partial charge on any atom is -0.349 e. The summed E-state index contributed by atoms with van der Waals surface area (Å²) in [5.74, 6) is 0.854. The molecule has 5 heteroatoms. The molecule has 3 heterocycles. The quantitative estimate of drug-likeness (QED) is 0.142. The van der Waals surface area contributed by atoms with Crippen LogP contribution in [0.4, 0.5) is 17.1 Å². The van der Waals surface area contributed by atoms with Crippen molar-refractivity contribution in [2.45, 2.75) is 39.2 Å². The molecule has 2 aromatic heterocycles. The molecule has 0 N–H and O–H groups in total. The van der Waals surface area contributed by atoms with Crippen LogP contribution in [-0.2, 0) is 26.5 Å². The van der Waals surface area contributed by atoms with Crippen molar-refractivity contribution >= 4 is 38.9 Å². The Morgan fingerprint density at radius 2 is 1.20 bits per heavy atom. The normalized spacial score (nSPS) is 12.6. The minimum atomic E-state index is -0.392. The molecule has 0 atom stereocenters. The van der Waals surface area contributed by atoms with Crippen LogP contribution >= 0.6 is 0 Å². The number of nitrogens with zero attached hydrogens (tertiary/aromatic N) is 4. The van der Waals surface area contributed by atoms with Gasteiger partial charge in [-0.05, 0) is 88.4 Å². The Hall–Kier alpha value is -6.22. The Balaban J connectivity index is 0.00000449. The molecule has 0 aliphatic carbocycles. The molecular formula is C54H44N4Pt. The van der Waals surface area contributed by atoms with E-state index in [2.05, 4.69) is 224 Å². The predicted molar refractivity (Wildman–Crippen MR) is 242 cm³/mol. The summed E-state index contributed by atoms with van der Waals surface area (Å²) in [5.41, 5.74) is 14.5. The van der Waals surface area contributed by atoms with Crippen molar-refractivity contribution in [3.63, 3.8) is 0 Å². The van der Waals surface area contributed by atoms with Crippen LogP contribution in [0.25, 0.3) is 61.0 Å². The summed E-state index contributed by atoms with van der Waals surface area (Å²) in [7, 11) is 0. The topological polar surface area (TPSA) is 24.3 Å². The Bertz CT molecular complexity index is 2890. The first-order valence-electron chi connectivity index (χ1n) is 20.2. The third kappa shape index (κ3) is 6.66. The maximum atomic E-state index is 5.08. The Morgan fingerprint density at radius 3 is 1.92 bits per heavy atom. The zero-order valence-electron chi connectivity index (χ0n) is 33.6. The summed E-state index contributed by atoms with van der Waals surface area (Å²) in [5, 5.41) is 2.33. The van der Waals surface area contributed by atoms with Gasteiger partial charge in [0.15, 0.2) is 0 Å². The summed E-state index contributed by atoms with van der Waals surface area (Å²) >= 11 is 0. The average molecular weight is 944 g/mol. The number of fused-ring (bicyclic) bond motifs is 4. The van der Waals surface area contributed by atoms with Gasteiger partial charge in [0.1, 0.15) is 5.82 Å². The van der Waals surface area contributed by atoms with E-state index in [-0.39, 0.29) is 21.1 Å². The molecule has 1 aliphatic rings. The van der Waals surface area contributed by atoms with E-state index in [0.717, 1.165) is 51.3 Å². The molecule has 0 radical (unpaired) electrons. The third-order valence-electron chi connectivity index (χ3n) is 11.9. The van der Waals surface area contributed by atoms with Crippen LogP contribution in [0.3, 0.4) is 0 Å². The van der Waals surface area contributed by atoms with Crippen molar-refractivity contribution in [1.29, 1.82) is 0 Å². The molecule has 4 nitrogen and oxygen atoms in total. The van der Waals surface area contributed by atoms with Gasteiger partial charge in [0.05, 0.1) is 18.0 Å². The van der Waals surface area contributed by atoms with E-state index in [1.54, 1.807) is 0 Å². The second kappa shape index (κ2) is 15.5. The SMILES string of the molecule is CC(C)N1CN(c2[c-]c(C(C)(C)c3[c-]c4c(cc3)c3ccccc3n4-c3cc(-c4c(-c5ccccc5)cccc4-c4ccccc4)ccn3)ccc2)c2ccccc21.[Pt+2]. The molecule has 9 aromatic rings. The predicted octanol–water partition coefficient (Wildman–Crippen LogP) is 13.4. The third-order valence-corrected chi connectivity index (χ3v) is 11.9. The first kappa shape index (κ1) is 38.3. The number of anilines is 3. The van der Waals surface area contributed by atoms with Gasteiger partial charge in [-0.2, -0.15) is 47.5 Å². The van der Waals surface area contributed by atoms with Crippen LogP contribution < -0.4 is 9.80 Å². The van der Waals surface area contributed by atoms with Gasteiger partial charge < -0.3 is 14.4 Å². The molecule has 0 saturated heterocycles. The first-order valence-corrected chi connectivity index (χ1v) is 20.2. The molecule has 290 valence electrons. The van der Waals surface area contributed by atoms with Crippen molar-refractivity contribution in [1.82, 2.24) is 9.55 Å². The van der Waals surface area contributed by atoms with Crippen LogP contribution in [0.1, 0.15) is 38.8 Å². The van der Waals surface area contributed by atoms with Crippen LogP contribution in [0, 0.1) is 12.1 Å². The maximum absolute atomic E-state index is 5.08. The summed E-state index contributed by atoms with van der Waals surface area (Å²) < 4.78 is 2.29. The number of benzene rings is 7. The fraction of sp³-hybridized carbons (Fsp3) is 0.130. The molecule has 0 saturated carbocycles. The van der Waals surface area contributed by atoms with Gasteiger partial charge in [0, 0.05) is 17.8 Å². The number of rotatable bonds is 8.